The molecule has 0 spiro atoms. The van der Waals surface area contributed by atoms with Gasteiger partial charge in [0.05, 0.1) is 0 Å². The summed E-state index contributed by atoms with van der Waals surface area (Å²) in [5, 5.41) is 4.75. The van der Waals surface area contributed by atoms with E-state index >= 15 is 0 Å². The van der Waals surface area contributed by atoms with Gasteiger partial charge in [-0.15, -0.1) is 11.3 Å². The van der Waals surface area contributed by atoms with Crippen LogP contribution in [-0.4, -0.2) is 47.6 Å². The van der Waals surface area contributed by atoms with Gasteiger partial charge in [-0.1, -0.05) is 0 Å². The number of fused-ring (bicyclic) bond motifs is 1. The molecule has 2 fully saturated rings. The standard InChI is InChI=1S/C15H26N4S/c1-15(2,3)17-10-13-9-16-14(20-13)19-8-7-18-6-4-5-12(18)11-19/h9,12,17H,4-8,10-11H2,1-3H3. The molecule has 1 aromatic heterocycles. The van der Waals surface area contributed by atoms with E-state index in [0.717, 1.165) is 19.1 Å². The van der Waals surface area contributed by atoms with Crippen molar-refractivity contribution >= 4 is 16.5 Å². The Hall–Kier alpha value is -0.650. The highest BCUT2D eigenvalue weighted by Crippen LogP contribution is 2.28. The molecule has 112 valence electrons. The molecule has 0 saturated carbocycles. The van der Waals surface area contributed by atoms with E-state index in [0.29, 0.717) is 0 Å². The summed E-state index contributed by atoms with van der Waals surface area (Å²) in [6.45, 7) is 12.3. The Labute approximate surface area is 126 Å². The van der Waals surface area contributed by atoms with Crippen LogP contribution in [0.4, 0.5) is 5.13 Å². The fraction of sp³-hybridized carbons (Fsp3) is 0.800. The molecule has 0 radical (unpaired) electrons. The molecule has 2 aliphatic heterocycles. The first-order valence-corrected chi connectivity index (χ1v) is 8.52. The van der Waals surface area contributed by atoms with Gasteiger partial charge in [0.1, 0.15) is 0 Å². The van der Waals surface area contributed by atoms with Crippen molar-refractivity contribution in [2.45, 2.75) is 51.7 Å². The van der Waals surface area contributed by atoms with Crippen molar-refractivity contribution in [3.8, 4) is 0 Å². The maximum atomic E-state index is 4.64. The number of thiazole rings is 1. The molecule has 5 heteroatoms. The molecule has 1 N–H and O–H groups in total. The van der Waals surface area contributed by atoms with Crippen molar-refractivity contribution in [3.05, 3.63) is 11.1 Å². The summed E-state index contributed by atoms with van der Waals surface area (Å²) in [6.07, 6.45) is 4.78. The van der Waals surface area contributed by atoms with E-state index in [1.54, 1.807) is 0 Å². The van der Waals surface area contributed by atoms with Gasteiger partial charge in [0, 0.05) is 48.8 Å². The molecule has 20 heavy (non-hydrogen) atoms. The second-order valence-corrected chi connectivity index (χ2v) is 8.08. The van der Waals surface area contributed by atoms with E-state index < -0.39 is 0 Å². The van der Waals surface area contributed by atoms with Crippen LogP contribution in [0.2, 0.25) is 0 Å². The van der Waals surface area contributed by atoms with Crippen LogP contribution in [0.5, 0.6) is 0 Å². The zero-order valence-corrected chi connectivity index (χ0v) is 13.7. The van der Waals surface area contributed by atoms with Gasteiger partial charge in [-0.25, -0.2) is 4.98 Å². The number of hydrogen-bond acceptors (Lipinski definition) is 5. The normalized spacial score (nSPS) is 24.1. The quantitative estimate of drug-likeness (QED) is 0.927. The van der Waals surface area contributed by atoms with E-state index in [9.17, 15) is 0 Å². The van der Waals surface area contributed by atoms with Gasteiger partial charge < -0.3 is 10.2 Å². The topological polar surface area (TPSA) is 31.4 Å². The summed E-state index contributed by atoms with van der Waals surface area (Å²) in [5.41, 5.74) is 0.166. The zero-order chi connectivity index (χ0) is 14.2. The first-order chi connectivity index (χ1) is 9.51. The van der Waals surface area contributed by atoms with Gasteiger partial charge in [-0.05, 0) is 40.2 Å². The monoisotopic (exact) mass is 294 g/mol. The minimum absolute atomic E-state index is 0.166. The maximum Gasteiger partial charge on any atom is 0.185 e. The molecule has 3 heterocycles. The summed E-state index contributed by atoms with van der Waals surface area (Å²) < 4.78 is 0. The minimum Gasteiger partial charge on any atom is -0.345 e. The molecule has 4 nitrogen and oxygen atoms in total. The Morgan fingerprint density at radius 1 is 1.35 bits per heavy atom. The molecule has 0 bridgehead atoms. The highest BCUT2D eigenvalue weighted by atomic mass is 32.1. The predicted molar refractivity (Wildman–Crippen MR) is 85.5 cm³/mol. The lowest BCUT2D eigenvalue weighted by atomic mass is 10.1. The number of rotatable bonds is 3. The van der Waals surface area contributed by atoms with Crippen LogP contribution >= 0.6 is 11.3 Å². The van der Waals surface area contributed by atoms with Crippen molar-refractivity contribution < 1.29 is 0 Å². The molecule has 1 unspecified atom stereocenters. The Balaban J connectivity index is 1.59. The van der Waals surface area contributed by atoms with E-state index in [1.165, 1.54) is 42.5 Å². The maximum absolute atomic E-state index is 4.64. The molecular weight excluding hydrogens is 268 g/mol. The van der Waals surface area contributed by atoms with Crippen LogP contribution in [0.3, 0.4) is 0 Å². The molecule has 1 aromatic rings. The summed E-state index contributed by atoms with van der Waals surface area (Å²) in [6, 6.07) is 0.767. The lowest BCUT2D eigenvalue weighted by Crippen LogP contribution is -2.50. The number of anilines is 1. The van der Waals surface area contributed by atoms with Crippen LogP contribution in [0.1, 0.15) is 38.5 Å². The Morgan fingerprint density at radius 3 is 3.00 bits per heavy atom. The zero-order valence-electron chi connectivity index (χ0n) is 12.9. The smallest absolute Gasteiger partial charge is 0.185 e. The van der Waals surface area contributed by atoms with E-state index in [1.807, 2.05) is 17.5 Å². The molecule has 0 aromatic carbocycles. The SMILES string of the molecule is CC(C)(C)NCc1cnc(N2CCN3CCCC3C2)s1. The number of nitrogens with one attached hydrogen (secondary N) is 1. The van der Waals surface area contributed by atoms with Gasteiger partial charge in [0.25, 0.3) is 0 Å². The van der Waals surface area contributed by atoms with Crippen molar-refractivity contribution in [1.29, 1.82) is 0 Å². The highest BCUT2D eigenvalue weighted by Gasteiger charge is 2.31. The Morgan fingerprint density at radius 2 is 2.20 bits per heavy atom. The molecular formula is C15H26N4S. The average Bonchev–Trinajstić information content (AvgIpc) is 3.03. The molecule has 2 aliphatic rings. The molecule has 2 saturated heterocycles. The fourth-order valence-electron chi connectivity index (χ4n) is 3.04. The molecule has 0 amide bonds. The summed E-state index contributed by atoms with van der Waals surface area (Å²) in [4.78, 5) is 11.1. The average molecular weight is 294 g/mol. The lowest BCUT2D eigenvalue weighted by Gasteiger charge is -2.37. The first-order valence-electron chi connectivity index (χ1n) is 7.70. The largest absolute Gasteiger partial charge is 0.345 e. The molecule has 3 rings (SSSR count). The first kappa shape index (κ1) is 14.3. The lowest BCUT2D eigenvalue weighted by molar-refractivity contribution is 0.231. The van der Waals surface area contributed by atoms with Crippen LogP contribution in [0, 0.1) is 0 Å². The predicted octanol–water partition coefficient (Wildman–Crippen LogP) is 2.32. The number of piperazine rings is 1. The van der Waals surface area contributed by atoms with Crippen molar-refractivity contribution in [1.82, 2.24) is 15.2 Å². The number of nitrogens with zero attached hydrogens (tertiary/aromatic N) is 3. The third kappa shape index (κ3) is 3.32. The molecule has 0 aliphatic carbocycles. The number of aromatic nitrogens is 1. The van der Waals surface area contributed by atoms with Crippen molar-refractivity contribution in [2.24, 2.45) is 0 Å². The van der Waals surface area contributed by atoms with Crippen LogP contribution in [-0.2, 0) is 6.54 Å². The highest BCUT2D eigenvalue weighted by molar-refractivity contribution is 7.15. The van der Waals surface area contributed by atoms with Gasteiger partial charge in [0.2, 0.25) is 0 Å². The summed E-state index contributed by atoms with van der Waals surface area (Å²) in [7, 11) is 0. The summed E-state index contributed by atoms with van der Waals surface area (Å²) >= 11 is 1.85. The van der Waals surface area contributed by atoms with Crippen LogP contribution in [0.25, 0.3) is 0 Å². The summed E-state index contributed by atoms with van der Waals surface area (Å²) in [5.74, 6) is 0. The van der Waals surface area contributed by atoms with Gasteiger partial charge in [-0.2, -0.15) is 0 Å². The van der Waals surface area contributed by atoms with Crippen LogP contribution < -0.4 is 10.2 Å². The third-order valence-corrected chi connectivity index (χ3v) is 5.25. The van der Waals surface area contributed by atoms with E-state index in [2.05, 4.69) is 40.9 Å². The third-order valence-electron chi connectivity index (χ3n) is 4.19. The van der Waals surface area contributed by atoms with Crippen molar-refractivity contribution in [2.75, 3.05) is 31.1 Å². The number of hydrogen-bond donors (Lipinski definition) is 1. The van der Waals surface area contributed by atoms with Crippen molar-refractivity contribution in [3.63, 3.8) is 0 Å². The Kier molecular flexibility index (Phi) is 4.02. The second kappa shape index (κ2) is 5.62. The molecule has 1 atom stereocenters. The van der Waals surface area contributed by atoms with Gasteiger partial charge in [-0.3, -0.25) is 4.90 Å². The fourth-order valence-corrected chi connectivity index (χ4v) is 3.93. The van der Waals surface area contributed by atoms with Gasteiger partial charge >= 0.3 is 0 Å². The van der Waals surface area contributed by atoms with E-state index in [4.69, 9.17) is 0 Å². The van der Waals surface area contributed by atoms with E-state index in [-0.39, 0.29) is 5.54 Å². The van der Waals surface area contributed by atoms with Gasteiger partial charge in [0.15, 0.2) is 5.13 Å². The minimum atomic E-state index is 0.166. The second-order valence-electron chi connectivity index (χ2n) is 6.99. The Bertz CT molecular complexity index is 451. The van der Waals surface area contributed by atoms with Crippen LogP contribution in [0.15, 0.2) is 6.20 Å².